The SMILES string of the molecule is Nc1nc(N2CCCCC2)sc1C(=O)N1CCCC1CO. The zero-order valence-corrected chi connectivity index (χ0v) is 12.9. The minimum absolute atomic E-state index is 0.0173. The van der Waals surface area contributed by atoms with Gasteiger partial charge >= 0.3 is 0 Å². The van der Waals surface area contributed by atoms with E-state index in [4.69, 9.17) is 5.73 Å². The number of nitrogens with zero attached hydrogens (tertiary/aromatic N) is 3. The van der Waals surface area contributed by atoms with Gasteiger partial charge in [0.25, 0.3) is 5.91 Å². The smallest absolute Gasteiger partial charge is 0.268 e. The van der Waals surface area contributed by atoms with Gasteiger partial charge in [0, 0.05) is 19.6 Å². The average molecular weight is 310 g/mol. The largest absolute Gasteiger partial charge is 0.394 e. The summed E-state index contributed by atoms with van der Waals surface area (Å²) in [6.07, 6.45) is 5.40. The highest BCUT2D eigenvalue weighted by molar-refractivity contribution is 7.18. The Morgan fingerprint density at radius 1 is 1.29 bits per heavy atom. The molecule has 21 heavy (non-hydrogen) atoms. The Labute approximate surface area is 128 Å². The number of thiazole rings is 1. The van der Waals surface area contributed by atoms with Crippen molar-refractivity contribution in [3.05, 3.63) is 4.88 Å². The summed E-state index contributed by atoms with van der Waals surface area (Å²) in [5.74, 6) is 0.249. The Balaban J connectivity index is 1.78. The zero-order chi connectivity index (χ0) is 14.8. The lowest BCUT2D eigenvalue weighted by atomic mass is 10.1. The van der Waals surface area contributed by atoms with Gasteiger partial charge in [-0.15, -0.1) is 0 Å². The fourth-order valence-corrected chi connectivity index (χ4v) is 4.11. The number of amides is 1. The van der Waals surface area contributed by atoms with E-state index in [1.54, 1.807) is 4.90 Å². The van der Waals surface area contributed by atoms with Crippen molar-refractivity contribution in [2.45, 2.75) is 38.1 Å². The van der Waals surface area contributed by atoms with Gasteiger partial charge < -0.3 is 20.6 Å². The lowest BCUT2D eigenvalue weighted by molar-refractivity contribution is 0.0683. The van der Waals surface area contributed by atoms with Crippen molar-refractivity contribution in [2.75, 3.05) is 36.9 Å². The Kier molecular flexibility index (Phi) is 4.30. The minimum Gasteiger partial charge on any atom is -0.394 e. The van der Waals surface area contributed by atoms with Crippen LogP contribution in [0.4, 0.5) is 10.9 Å². The molecule has 3 N–H and O–H groups in total. The van der Waals surface area contributed by atoms with Gasteiger partial charge in [0.1, 0.15) is 10.7 Å². The van der Waals surface area contributed by atoms with Crippen LogP contribution in [0, 0.1) is 0 Å². The number of rotatable bonds is 3. The first-order valence-corrected chi connectivity index (χ1v) is 8.45. The molecule has 0 spiro atoms. The van der Waals surface area contributed by atoms with Gasteiger partial charge in [0.2, 0.25) is 0 Å². The number of carbonyl (C=O) groups is 1. The maximum absolute atomic E-state index is 12.6. The molecule has 3 rings (SSSR count). The number of piperidine rings is 1. The molecule has 116 valence electrons. The summed E-state index contributed by atoms with van der Waals surface area (Å²) in [5, 5.41) is 10.2. The second-order valence-corrected chi connectivity index (χ2v) is 6.71. The van der Waals surface area contributed by atoms with E-state index in [0.717, 1.165) is 31.1 Å². The number of anilines is 2. The van der Waals surface area contributed by atoms with Crippen molar-refractivity contribution in [3.63, 3.8) is 0 Å². The first-order valence-electron chi connectivity index (χ1n) is 7.64. The summed E-state index contributed by atoms with van der Waals surface area (Å²) in [6, 6.07) is -0.0718. The highest BCUT2D eigenvalue weighted by Crippen LogP contribution is 2.32. The van der Waals surface area contributed by atoms with Crippen LogP contribution in [0.15, 0.2) is 0 Å². The van der Waals surface area contributed by atoms with E-state index in [0.29, 0.717) is 17.2 Å². The number of aliphatic hydroxyl groups is 1. The molecule has 7 heteroatoms. The summed E-state index contributed by atoms with van der Waals surface area (Å²) >= 11 is 1.39. The third-order valence-corrected chi connectivity index (χ3v) is 5.43. The summed E-state index contributed by atoms with van der Waals surface area (Å²) in [4.78, 5) is 21.5. The van der Waals surface area contributed by atoms with E-state index in [1.165, 1.54) is 30.6 Å². The molecule has 2 aliphatic heterocycles. The second kappa shape index (κ2) is 6.19. The molecule has 0 radical (unpaired) electrons. The monoisotopic (exact) mass is 310 g/mol. The molecule has 3 heterocycles. The number of carbonyl (C=O) groups excluding carboxylic acids is 1. The third-order valence-electron chi connectivity index (χ3n) is 4.31. The fourth-order valence-electron chi connectivity index (χ4n) is 3.12. The summed E-state index contributed by atoms with van der Waals surface area (Å²) in [7, 11) is 0. The summed E-state index contributed by atoms with van der Waals surface area (Å²) in [5.41, 5.74) is 5.97. The van der Waals surface area contributed by atoms with Crippen molar-refractivity contribution in [1.82, 2.24) is 9.88 Å². The van der Waals surface area contributed by atoms with E-state index >= 15 is 0 Å². The van der Waals surface area contributed by atoms with E-state index in [2.05, 4.69) is 9.88 Å². The number of aliphatic hydroxyl groups excluding tert-OH is 1. The van der Waals surface area contributed by atoms with Crippen LogP contribution >= 0.6 is 11.3 Å². The molecule has 0 bridgehead atoms. The van der Waals surface area contributed by atoms with Gasteiger partial charge in [-0.25, -0.2) is 4.98 Å². The predicted molar refractivity (Wildman–Crippen MR) is 83.7 cm³/mol. The normalized spacial score (nSPS) is 22.8. The minimum atomic E-state index is -0.0789. The first-order chi connectivity index (χ1) is 10.2. The number of likely N-dealkylation sites (tertiary alicyclic amines) is 1. The van der Waals surface area contributed by atoms with Crippen molar-refractivity contribution in [3.8, 4) is 0 Å². The number of hydrogen-bond acceptors (Lipinski definition) is 6. The van der Waals surface area contributed by atoms with Gasteiger partial charge in [-0.05, 0) is 32.1 Å². The molecular formula is C14H22N4O2S. The number of hydrogen-bond donors (Lipinski definition) is 2. The van der Waals surface area contributed by atoms with Crippen LogP contribution in [0.25, 0.3) is 0 Å². The summed E-state index contributed by atoms with van der Waals surface area (Å²) < 4.78 is 0. The zero-order valence-electron chi connectivity index (χ0n) is 12.1. The Bertz CT molecular complexity index is 513. The molecule has 2 saturated heterocycles. The van der Waals surface area contributed by atoms with Gasteiger partial charge in [-0.3, -0.25) is 4.79 Å². The molecule has 1 aromatic heterocycles. The van der Waals surface area contributed by atoms with Crippen LogP contribution in [0.1, 0.15) is 41.8 Å². The van der Waals surface area contributed by atoms with E-state index < -0.39 is 0 Å². The Hall–Kier alpha value is -1.34. The molecule has 2 aliphatic rings. The lowest BCUT2D eigenvalue weighted by Crippen LogP contribution is -2.37. The van der Waals surface area contributed by atoms with Gasteiger partial charge in [0.05, 0.1) is 12.6 Å². The molecule has 0 aromatic carbocycles. The Morgan fingerprint density at radius 3 is 2.76 bits per heavy atom. The number of nitrogen functional groups attached to an aromatic ring is 1. The molecule has 1 unspecified atom stereocenters. The van der Waals surface area contributed by atoms with Crippen LogP contribution in [-0.2, 0) is 0 Å². The standard InChI is InChI=1S/C14H22N4O2S/c15-12-11(13(20)18-8-4-5-10(18)9-19)21-14(16-12)17-6-2-1-3-7-17/h10,19H,1-9,15H2. The maximum atomic E-state index is 12.6. The molecule has 0 aliphatic carbocycles. The van der Waals surface area contributed by atoms with Crippen LogP contribution in [0.5, 0.6) is 0 Å². The molecule has 0 saturated carbocycles. The van der Waals surface area contributed by atoms with E-state index in [-0.39, 0.29) is 18.6 Å². The average Bonchev–Trinajstić information content (AvgIpc) is 3.13. The quantitative estimate of drug-likeness (QED) is 0.879. The molecule has 6 nitrogen and oxygen atoms in total. The first kappa shape index (κ1) is 14.6. The van der Waals surface area contributed by atoms with Crippen molar-refractivity contribution >= 4 is 28.2 Å². The highest BCUT2D eigenvalue weighted by Gasteiger charge is 2.32. The maximum Gasteiger partial charge on any atom is 0.268 e. The van der Waals surface area contributed by atoms with Crippen LogP contribution in [-0.4, -0.2) is 53.2 Å². The number of nitrogens with two attached hydrogens (primary N) is 1. The van der Waals surface area contributed by atoms with Crippen molar-refractivity contribution in [1.29, 1.82) is 0 Å². The molecular weight excluding hydrogens is 288 g/mol. The highest BCUT2D eigenvalue weighted by atomic mass is 32.1. The van der Waals surface area contributed by atoms with Crippen molar-refractivity contribution in [2.24, 2.45) is 0 Å². The fraction of sp³-hybridized carbons (Fsp3) is 0.714. The second-order valence-electron chi connectivity index (χ2n) is 5.74. The van der Waals surface area contributed by atoms with Crippen molar-refractivity contribution < 1.29 is 9.90 Å². The molecule has 1 atom stereocenters. The van der Waals surface area contributed by atoms with Crippen LogP contribution in [0.2, 0.25) is 0 Å². The number of aromatic nitrogens is 1. The van der Waals surface area contributed by atoms with E-state index in [9.17, 15) is 9.90 Å². The van der Waals surface area contributed by atoms with E-state index in [1.807, 2.05) is 0 Å². The molecule has 2 fully saturated rings. The topological polar surface area (TPSA) is 82.7 Å². The molecule has 1 amide bonds. The van der Waals surface area contributed by atoms with Gasteiger partial charge in [-0.2, -0.15) is 0 Å². The van der Waals surface area contributed by atoms with Gasteiger partial charge in [-0.1, -0.05) is 11.3 Å². The summed E-state index contributed by atoms with van der Waals surface area (Å²) in [6.45, 7) is 2.69. The van der Waals surface area contributed by atoms with Crippen LogP contribution < -0.4 is 10.6 Å². The third kappa shape index (κ3) is 2.85. The Morgan fingerprint density at radius 2 is 2.05 bits per heavy atom. The van der Waals surface area contributed by atoms with Gasteiger partial charge in [0.15, 0.2) is 5.13 Å². The molecule has 1 aromatic rings. The lowest BCUT2D eigenvalue weighted by Gasteiger charge is -2.25. The van der Waals surface area contributed by atoms with Crippen LogP contribution in [0.3, 0.4) is 0 Å². The predicted octanol–water partition coefficient (Wildman–Crippen LogP) is 1.31.